The summed E-state index contributed by atoms with van der Waals surface area (Å²) in [6.07, 6.45) is 4.37. The monoisotopic (exact) mass is 261 g/mol. The number of carbonyl (C=O) groups excluding carboxylic acids is 1. The van der Waals surface area contributed by atoms with Gasteiger partial charge in [-0.2, -0.15) is 0 Å². The van der Waals surface area contributed by atoms with Gasteiger partial charge < -0.3 is 4.74 Å². The molecule has 0 aromatic heterocycles. The molecule has 1 aliphatic heterocycles. The van der Waals surface area contributed by atoms with Crippen LogP contribution in [0.2, 0.25) is 0 Å². The molecule has 0 amide bonds. The molecule has 1 aliphatic rings. The first-order valence-corrected chi connectivity index (χ1v) is 7.17. The molecule has 0 aliphatic carbocycles. The Kier molecular flexibility index (Phi) is 5.40. The molecule has 1 aromatic rings. The Morgan fingerprint density at radius 2 is 1.89 bits per heavy atom. The van der Waals surface area contributed by atoms with Crippen LogP contribution in [0.1, 0.15) is 32.6 Å². The smallest absolute Gasteiger partial charge is 0.131 e. The first kappa shape index (κ1) is 14.1. The molecule has 3 nitrogen and oxygen atoms in total. The second kappa shape index (κ2) is 7.29. The van der Waals surface area contributed by atoms with E-state index in [1.807, 2.05) is 30.3 Å². The van der Waals surface area contributed by atoms with Crippen molar-refractivity contribution < 1.29 is 9.53 Å². The van der Waals surface area contributed by atoms with E-state index in [2.05, 4.69) is 4.90 Å². The van der Waals surface area contributed by atoms with Gasteiger partial charge in [0, 0.05) is 6.42 Å². The molecule has 2 rings (SSSR count). The summed E-state index contributed by atoms with van der Waals surface area (Å²) in [5, 5.41) is 0. The summed E-state index contributed by atoms with van der Waals surface area (Å²) in [6.45, 7) is 4.45. The number of ether oxygens (including phenoxy) is 1. The van der Waals surface area contributed by atoms with Crippen LogP contribution in [0.5, 0.6) is 5.75 Å². The molecule has 1 heterocycles. The van der Waals surface area contributed by atoms with Crippen LogP contribution in [-0.2, 0) is 4.79 Å². The van der Waals surface area contributed by atoms with Crippen molar-refractivity contribution in [3.8, 4) is 5.75 Å². The number of para-hydroxylation sites is 1. The summed E-state index contributed by atoms with van der Waals surface area (Å²) in [5.74, 6) is 1.13. The minimum absolute atomic E-state index is 0.220. The van der Waals surface area contributed by atoms with Gasteiger partial charge in [-0.25, -0.2) is 0 Å². The number of Topliss-reactive ketones (excluding diaryl/α,β-unsaturated/α-hetero) is 1. The number of hydrogen-bond donors (Lipinski definition) is 0. The number of carbonyl (C=O) groups is 1. The van der Waals surface area contributed by atoms with E-state index in [0.29, 0.717) is 13.0 Å². The quantitative estimate of drug-likeness (QED) is 0.788. The minimum atomic E-state index is 0.220. The number of rotatable bonds is 6. The molecule has 19 heavy (non-hydrogen) atoms. The lowest BCUT2D eigenvalue weighted by atomic mass is 10.1. The van der Waals surface area contributed by atoms with E-state index in [-0.39, 0.29) is 11.8 Å². The van der Waals surface area contributed by atoms with E-state index in [9.17, 15) is 4.79 Å². The Morgan fingerprint density at radius 3 is 2.53 bits per heavy atom. The molecular formula is C16H23NO2. The molecule has 1 fully saturated rings. The predicted molar refractivity (Wildman–Crippen MR) is 76.4 cm³/mol. The van der Waals surface area contributed by atoms with Crippen LogP contribution >= 0.6 is 0 Å². The third-order valence-electron chi connectivity index (χ3n) is 3.62. The van der Waals surface area contributed by atoms with Gasteiger partial charge in [0.15, 0.2) is 0 Å². The number of benzene rings is 1. The van der Waals surface area contributed by atoms with Crippen LogP contribution in [0.4, 0.5) is 0 Å². The van der Waals surface area contributed by atoms with Crippen molar-refractivity contribution in [1.29, 1.82) is 0 Å². The molecule has 0 radical (unpaired) electrons. The Hall–Kier alpha value is -1.35. The van der Waals surface area contributed by atoms with Gasteiger partial charge in [0.2, 0.25) is 0 Å². The Morgan fingerprint density at radius 1 is 1.21 bits per heavy atom. The molecule has 0 saturated carbocycles. The van der Waals surface area contributed by atoms with E-state index >= 15 is 0 Å². The summed E-state index contributed by atoms with van der Waals surface area (Å²) in [5.41, 5.74) is 0. The maximum Gasteiger partial charge on any atom is 0.131 e. The fourth-order valence-corrected chi connectivity index (χ4v) is 2.62. The zero-order chi connectivity index (χ0) is 13.5. The topological polar surface area (TPSA) is 29.5 Å². The Balaban J connectivity index is 1.91. The molecule has 0 bridgehead atoms. The highest BCUT2D eigenvalue weighted by Gasteiger charge is 2.22. The summed E-state index contributed by atoms with van der Waals surface area (Å²) in [6, 6.07) is 10.1. The maximum absolute atomic E-state index is 11.4. The van der Waals surface area contributed by atoms with Crippen molar-refractivity contribution in [3.63, 3.8) is 0 Å². The van der Waals surface area contributed by atoms with Crippen molar-refractivity contribution in [2.24, 2.45) is 0 Å². The van der Waals surface area contributed by atoms with E-state index in [1.54, 1.807) is 6.92 Å². The molecular weight excluding hydrogens is 238 g/mol. The van der Waals surface area contributed by atoms with Crippen molar-refractivity contribution in [1.82, 2.24) is 4.90 Å². The van der Waals surface area contributed by atoms with Crippen molar-refractivity contribution in [2.45, 2.75) is 38.6 Å². The average molecular weight is 261 g/mol. The van der Waals surface area contributed by atoms with E-state index < -0.39 is 0 Å². The largest absolute Gasteiger partial charge is 0.492 e. The molecule has 1 unspecified atom stereocenters. The molecule has 1 atom stereocenters. The van der Waals surface area contributed by atoms with Crippen LogP contribution < -0.4 is 4.74 Å². The van der Waals surface area contributed by atoms with Crippen LogP contribution in [0.3, 0.4) is 0 Å². The van der Waals surface area contributed by atoms with Crippen LogP contribution in [0, 0.1) is 0 Å². The second-order valence-electron chi connectivity index (χ2n) is 5.28. The number of piperidine rings is 1. The van der Waals surface area contributed by atoms with Gasteiger partial charge in [-0.1, -0.05) is 24.6 Å². The highest BCUT2D eigenvalue weighted by molar-refractivity contribution is 5.76. The fourth-order valence-electron chi connectivity index (χ4n) is 2.62. The fraction of sp³-hybridized carbons (Fsp3) is 0.562. The summed E-state index contributed by atoms with van der Waals surface area (Å²) >= 11 is 0. The molecule has 0 N–H and O–H groups in total. The molecule has 1 saturated heterocycles. The molecule has 3 heteroatoms. The SMILES string of the molecule is CC(=O)CC(COc1ccccc1)N1CCCCC1. The zero-order valence-electron chi connectivity index (χ0n) is 11.7. The van der Waals surface area contributed by atoms with Crippen LogP contribution in [-0.4, -0.2) is 36.4 Å². The number of hydrogen-bond acceptors (Lipinski definition) is 3. The van der Waals surface area contributed by atoms with E-state index in [4.69, 9.17) is 4.74 Å². The lowest BCUT2D eigenvalue weighted by Crippen LogP contribution is -2.43. The van der Waals surface area contributed by atoms with Crippen molar-refractivity contribution in [3.05, 3.63) is 30.3 Å². The lowest BCUT2D eigenvalue weighted by Gasteiger charge is -2.34. The molecule has 1 aromatic carbocycles. The number of ketones is 1. The zero-order valence-corrected chi connectivity index (χ0v) is 11.7. The van der Waals surface area contributed by atoms with Crippen LogP contribution in [0.15, 0.2) is 30.3 Å². The normalized spacial score (nSPS) is 17.9. The van der Waals surface area contributed by atoms with E-state index in [0.717, 1.165) is 18.8 Å². The summed E-state index contributed by atoms with van der Waals surface area (Å²) in [7, 11) is 0. The standard InChI is InChI=1S/C16H23NO2/c1-14(18)12-15(17-10-6-3-7-11-17)13-19-16-8-4-2-5-9-16/h2,4-5,8-9,15H,3,6-7,10-13H2,1H3. The highest BCUT2D eigenvalue weighted by atomic mass is 16.5. The second-order valence-corrected chi connectivity index (χ2v) is 5.28. The Labute approximate surface area is 115 Å². The van der Waals surface area contributed by atoms with Gasteiger partial charge >= 0.3 is 0 Å². The molecule has 0 spiro atoms. The van der Waals surface area contributed by atoms with Gasteiger partial charge in [0.05, 0.1) is 6.04 Å². The van der Waals surface area contributed by atoms with Crippen molar-refractivity contribution >= 4 is 5.78 Å². The molecule has 104 valence electrons. The first-order chi connectivity index (χ1) is 9.25. The minimum Gasteiger partial charge on any atom is -0.492 e. The van der Waals surface area contributed by atoms with Crippen molar-refractivity contribution in [2.75, 3.05) is 19.7 Å². The lowest BCUT2D eigenvalue weighted by molar-refractivity contribution is -0.118. The van der Waals surface area contributed by atoms with Gasteiger partial charge in [-0.3, -0.25) is 9.69 Å². The highest BCUT2D eigenvalue weighted by Crippen LogP contribution is 2.16. The number of nitrogens with zero attached hydrogens (tertiary/aromatic N) is 1. The van der Waals surface area contributed by atoms with Gasteiger partial charge in [-0.15, -0.1) is 0 Å². The summed E-state index contributed by atoms with van der Waals surface area (Å²) in [4.78, 5) is 13.8. The van der Waals surface area contributed by atoms with E-state index in [1.165, 1.54) is 19.3 Å². The maximum atomic E-state index is 11.4. The van der Waals surface area contributed by atoms with Crippen LogP contribution in [0.25, 0.3) is 0 Å². The first-order valence-electron chi connectivity index (χ1n) is 7.17. The van der Waals surface area contributed by atoms with Gasteiger partial charge in [0.25, 0.3) is 0 Å². The van der Waals surface area contributed by atoms with Gasteiger partial charge in [-0.05, 0) is 45.0 Å². The summed E-state index contributed by atoms with van der Waals surface area (Å²) < 4.78 is 5.83. The van der Waals surface area contributed by atoms with Gasteiger partial charge in [0.1, 0.15) is 18.1 Å². The third kappa shape index (κ3) is 4.67. The average Bonchev–Trinajstić information content (AvgIpc) is 2.45. The predicted octanol–water partition coefficient (Wildman–Crippen LogP) is 2.90. The third-order valence-corrected chi connectivity index (χ3v) is 3.62. The Bertz CT molecular complexity index is 385. The number of likely N-dealkylation sites (tertiary alicyclic amines) is 1.